The van der Waals surface area contributed by atoms with Crippen molar-refractivity contribution in [3.8, 4) is 0 Å². The molecule has 1 aliphatic rings. The van der Waals surface area contributed by atoms with Gasteiger partial charge in [0, 0.05) is 24.6 Å². The molecule has 0 saturated heterocycles. The van der Waals surface area contributed by atoms with Crippen molar-refractivity contribution in [1.82, 2.24) is 15.1 Å². The molecule has 0 atom stereocenters. The number of nitrogens with one attached hydrogen (secondary N) is 1. The van der Waals surface area contributed by atoms with Crippen molar-refractivity contribution in [3.63, 3.8) is 0 Å². The van der Waals surface area contributed by atoms with Gasteiger partial charge < -0.3 is 5.32 Å². The summed E-state index contributed by atoms with van der Waals surface area (Å²) in [5.41, 5.74) is 1.44. The standard InChI is InChI=1S/C21H27N3O2/c1-2-3-15-24-19(25)12-11-18(23-24)20(26)22-16-21(13-7-8-14-21)17-9-5-4-6-10-17/h4-6,9-12H,2-3,7-8,13-16H2,1H3,(H,22,26). The molecular weight excluding hydrogens is 326 g/mol. The van der Waals surface area contributed by atoms with Gasteiger partial charge in [-0.2, -0.15) is 5.10 Å². The maximum Gasteiger partial charge on any atom is 0.271 e. The average Bonchev–Trinajstić information content (AvgIpc) is 3.16. The van der Waals surface area contributed by atoms with Crippen LogP contribution in [-0.2, 0) is 12.0 Å². The number of hydrogen-bond donors (Lipinski definition) is 1. The second-order valence-corrected chi connectivity index (χ2v) is 7.17. The van der Waals surface area contributed by atoms with Crippen molar-refractivity contribution in [1.29, 1.82) is 0 Å². The van der Waals surface area contributed by atoms with Crippen LogP contribution in [-0.4, -0.2) is 22.2 Å². The molecule has 1 saturated carbocycles. The summed E-state index contributed by atoms with van der Waals surface area (Å²) in [5, 5.41) is 7.31. The van der Waals surface area contributed by atoms with E-state index in [0.717, 1.165) is 25.7 Å². The Kier molecular flexibility index (Phi) is 5.86. The van der Waals surface area contributed by atoms with Crippen molar-refractivity contribution in [3.05, 3.63) is 64.1 Å². The monoisotopic (exact) mass is 353 g/mol. The van der Waals surface area contributed by atoms with Crippen molar-refractivity contribution in [2.24, 2.45) is 0 Å². The SMILES string of the molecule is CCCCn1nc(C(=O)NCC2(c3ccccc3)CCCC2)ccc1=O. The van der Waals surface area contributed by atoms with Gasteiger partial charge >= 0.3 is 0 Å². The van der Waals surface area contributed by atoms with Crippen LogP contribution in [0, 0.1) is 0 Å². The molecule has 1 fully saturated rings. The molecule has 3 rings (SSSR count). The molecule has 26 heavy (non-hydrogen) atoms. The van der Waals surface area contributed by atoms with Crippen LogP contribution < -0.4 is 10.9 Å². The van der Waals surface area contributed by atoms with Gasteiger partial charge in [0.1, 0.15) is 5.69 Å². The Hall–Kier alpha value is -2.43. The lowest BCUT2D eigenvalue weighted by Crippen LogP contribution is -2.40. The van der Waals surface area contributed by atoms with Gasteiger partial charge in [0.25, 0.3) is 11.5 Å². The van der Waals surface area contributed by atoms with Gasteiger partial charge in [0.15, 0.2) is 0 Å². The molecule has 5 nitrogen and oxygen atoms in total. The summed E-state index contributed by atoms with van der Waals surface area (Å²) in [7, 11) is 0. The fraction of sp³-hybridized carbons (Fsp3) is 0.476. The second-order valence-electron chi connectivity index (χ2n) is 7.17. The molecule has 1 aromatic heterocycles. The molecule has 1 N–H and O–H groups in total. The van der Waals surface area contributed by atoms with Crippen LogP contribution in [0.4, 0.5) is 0 Å². The van der Waals surface area contributed by atoms with E-state index in [4.69, 9.17) is 0 Å². The molecule has 1 heterocycles. The number of unbranched alkanes of at least 4 members (excludes halogenated alkanes) is 1. The van der Waals surface area contributed by atoms with E-state index in [1.165, 1.54) is 35.2 Å². The summed E-state index contributed by atoms with van der Waals surface area (Å²) in [6.45, 7) is 3.21. The van der Waals surface area contributed by atoms with E-state index in [1.807, 2.05) is 6.07 Å². The van der Waals surface area contributed by atoms with Crippen LogP contribution >= 0.6 is 0 Å². The van der Waals surface area contributed by atoms with Gasteiger partial charge in [-0.1, -0.05) is 56.5 Å². The van der Waals surface area contributed by atoms with E-state index < -0.39 is 0 Å². The Morgan fingerprint density at radius 3 is 2.58 bits per heavy atom. The first-order chi connectivity index (χ1) is 12.6. The highest BCUT2D eigenvalue weighted by Crippen LogP contribution is 2.40. The number of rotatable bonds is 7. The molecular formula is C21H27N3O2. The summed E-state index contributed by atoms with van der Waals surface area (Å²) < 4.78 is 1.39. The number of aryl methyl sites for hydroxylation is 1. The third-order valence-electron chi connectivity index (χ3n) is 5.36. The Balaban J connectivity index is 1.72. The third kappa shape index (κ3) is 4.03. The minimum atomic E-state index is -0.211. The van der Waals surface area contributed by atoms with Crippen LogP contribution in [0.25, 0.3) is 0 Å². The van der Waals surface area contributed by atoms with E-state index in [-0.39, 0.29) is 16.9 Å². The highest BCUT2D eigenvalue weighted by Gasteiger charge is 2.35. The molecule has 1 aromatic carbocycles. The normalized spacial score (nSPS) is 15.7. The van der Waals surface area contributed by atoms with E-state index >= 15 is 0 Å². The number of benzene rings is 1. The average molecular weight is 353 g/mol. The Bertz CT molecular complexity index is 792. The van der Waals surface area contributed by atoms with Crippen molar-refractivity contribution >= 4 is 5.91 Å². The predicted molar refractivity (Wildman–Crippen MR) is 102 cm³/mol. The fourth-order valence-corrected chi connectivity index (χ4v) is 3.79. The van der Waals surface area contributed by atoms with Crippen LogP contribution in [0.3, 0.4) is 0 Å². The first-order valence-corrected chi connectivity index (χ1v) is 9.56. The highest BCUT2D eigenvalue weighted by molar-refractivity contribution is 5.92. The van der Waals surface area contributed by atoms with Crippen molar-refractivity contribution in [2.75, 3.05) is 6.54 Å². The van der Waals surface area contributed by atoms with E-state index in [9.17, 15) is 9.59 Å². The molecule has 2 aromatic rings. The zero-order chi connectivity index (χ0) is 18.4. The zero-order valence-corrected chi connectivity index (χ0v) is 15.4. The van der Waals surface area contributed by atoms with Gasteiger partial charge in [0.05, 0.1) is 0 Å². The molecule has 1 amide bonds. The minimum Gasteiger partial charge on any atom is -0.350 e. The van der Waals surface area contributed by atoms with Gasteiger partial charge in [0.2, 0.25) is 0 Å². The maximum atomic E-state index is 12.6. The second kappa shape index (κ2) is 8.30. The van der Waals surface area contributed by atoms with Crippen LogP contribution in [0.2, 0.25) is 0 Å². The first kappa shape index (κ1) is 18.4. The number of carbonyl (C=O) groups is 1. The summed E-state index contributed by atoms with van der Waals surface area (Å²) in [5.74, 6) is -0.211. The van der Waals surface area contributed by atoms with Crippen LogP contribution in [0.1, 0.15) is 61.5 Å². The highest BCUT2D eigenvalue weighted by atomic mass is 16.2. The van der Waals surface area contributed by atoms with Crippen molar-refractivity contribution < 1.29 is 4.79 Å². The van der Waals surface area contributed by atoms with E-state index in [1.54, 1.807) is 0 Å². The Labute approximate surface area is 154 Å². The molecule has 1 aliphatic carbocycles. The van der Waals surface area contributed by atoms with Gasteiger partial charge in [-0.15, -0.1) is 0 Å². The lowest BCUT2D eigenvalue weighted by molar-refractivity contribution is 0.0935. The number of amides is 1. The molecule has 0 unspecified atom stereocenters. The largest absolute Gasteiger partial charge is 0.350 e. The molecule has 138 valence electrons. The summed E-state index contributed by atoms with van der Waals surface area (Å²) in [6, 6.07) is 13.4. The third-order valence-corrected chi connectivity index (χ3v) is 5.36. The van der Waals surface area contributed by atoms with E-state index in [0.29, 0.717) is 18.8 Å². The van der Waals surface area contributed by atoms with Crippen molar-refractivity contribution in [2.45, 2.75) is 57.4 Å². The fourth-order valence-electron chi connectivity index (χ4n) is 3.79. The number of hydrogen-bond acceptors (Lipinski definition) is 3. The lowest BCUT2D eigenvalue weighted by Gasteiger charge is -2.30. The summed E-state index contributed by atoms with van der Waals surface area (Å²) in [6.07, 6.45) is 6.39. The maximum absolute atomic E-state index is 12.6. The van der Waals surface area contributed by atoms with Gasteiger partial charge in [-0.05, 0) is 30.9 Å². The minimum absolute atomic E-state index is 0.00752. The topological polar surface area (TPSA) is 64.0 Å². The Morgan fingerprint density at radius 1 is 1.15 bits per heavy atom. The summed E-state index contributed by atoms with van der Waals surface area (Å²) in [4.78, 5) is 24.5. The smallest absolute Gasteiger partial charge is 0.271 e. The first-order valence-electron chi connectivity index (χ1n) is 9.56. The van der Waals surface area contributed by atoms with E-state index in [2.05, 4.69) is 41.6 Å². The molecule has 0 spiro atoms. The van der Waals surface area contributed by atoms with Gasteiger partial charge in [-0.3, -0.25) is 9.59 Å². The zero-order valence-electron chi connectivity index (χ0n) is 15.4. The summed E-state index contributed by atoms with van der Waals surface area (Å²) >= 11 is 0. The molecule has 0 bridgehead atoms. The number of nitrogens with zero attached hydrogens (tertiary/aromatic N) is 2. The number of aromatic nitrogens is 2. The molecule has 5 heteroatoms. The predicted octanol–water partition coefficient (Wildman–Crippen LogP) is 3.29. The molecule has 0 aliphatic heterocycles. The van der Waals surface area contributed by atoms with Gasteiger partial charge in [-0.25, -0.2) is 4.68 Å². The lowest BCUT2D eigenvalue weighted by atomic mass is 9.79. The Morgan fingerprint density at radius 2 is 1.88 bits per heavy atom. The quantitative estimate of drug-likeness (QED) is 0.831. The van der Waals surface area contributed by atoms with Crippen LogP contribution in [0.15, 0.2) is 47.3 Å². The molecule has 0 radical (unpaired) electrons. The number of carbonyl (C=O) groups excluding carboxylic acids is 1. The van der Waals surface area contributed by atoms with Crippen LogP contribution in [0.5, 0.6) is 0 Å².